The maximum Gasteiger partial charge on any atom is 0.266 e. The van der Waals surface area contributed by atoms with E-state index in [1.165, 1.54) is 10.7 Å². The molecule has 1 aromatic rings. The summed E-state index contributed by atoms with van der Waals surface area (Å²) in [6.45, 7) is 0.355. The number of hydrazine groups is 1. The zero-order chi connectivity index (χ0) is 12.3. The van der Waals surface area contributed by atoms with Crippen LogP contribution in [0.1, 0.15) is 12.8 Å². The number of ether oxygens (including phenoxy) is 1. The fourth-order valence-corrected chi connectivity index (χ4v) is 1.84. The number of carbonyl (C=O) groups is 1. The summed E-state index contributed by atoms with van der Waals surface area (Å²) in [6, 6.07) is 3.02. The maximum atomic E-state index is 11.4. The summed E-state index contributed by atoms with van der Waals surface area (Å²) in [5, 5.41) is 3.93. The predicted octanol–water partition coefficient (Wildman–Crippen LogP) is -1.22. The van der Waals surface area contributed by atoms with Gasteiger partial charge in [0.05, 0.1) is 12.6 Å². The number of rotatable bonds is 3. The molecule has 0 aromatic carbocycles. The van der Waals surface area contributed by atoms with Gasteiger partial charge >= 0.3 is 0 Å². The van der Waals surface area contributed by atoms with Crippen molar-refractivity contribution in [2.24, 2.45) is 5.84 Å². The molecule has 0 aliphatic carbocycles. The molecule has 1 amide bonds. The average molecular weight is 238 g/mol. The largest absolute Gasteiger partial charge is 0.363 e. The van der Waals surface area contributed by atoms with E-state index in [2.05, 4.69) is 10.5 Å². The maximum absolute atomic E-state index is 11.4. The fourth-order valence-electron chi connectivity index (χ4n) is 1.84. The third kappa shape index (κ3) is 2.69. The van der Waals surface area contributed by atoms with Crippen LogP contribution in [0.3, 0.4) is 0 Å². The smallest absolute Gasteiger partial charge is 0.266 e. The van der Waals surface area contributed by atoms with Crippen molar-refractivity contribution in [1.82, 2.24) is 15.2 Å². The molecule has 2 atom stereocenters. The summed E-state index contributed by atoms with van der Waals surface area (Å²) in [7, 11) is 0. The quantitative estimate of drug-likeness (QED) is 0.390. The van der Waals surface area contributed by atoms with Gasteiger partial charge < -0.3 is 4.74 Å². The van der Waals surface area contributed by atoms with Crippen molar-refractivity contribution in [2.45, 2.75) is 31.6 Å². The molecule has 2 heterocycles. The molecular formula is C10H14N4O3. The van der Waals surface area contributed by atoms with Gasteiger partial charge in [-0.2, -0.15) is 5.10 Å². The van der Waals surface area contributed by atoms with Crippen molar-refractivity contribution < 1.29 is 9.53 Å². The molecule has 1 saturated heterocycles. The van der Waals surface area contributed by atoms with Crippen LogP contribution >= 0.6 is 0 Å². The van der Waals surface area contributed by atoms with Gasteiger partial charge in [0.2, 0.25) is 0 Å². The van der Waals surface area contributed by atoms with Gasteiger partial charge in [0.25, 0.3) is 11.5 Å². The zero-order valence-electron chi connectivity index (χ0n) is 9.20. The second kappa shape index (κ2) is 5.07. The number of hydrogen-bond donors (Lipinski definition) is 2. The molecule has 1 aliphatic rings. The first-order valence-electron chi connectivity index (χ1n) is 5.39. The van der Waals surface area contributed by atoms with E-state index in [1.807, 2.05) is 0 Å². The van der Waals surface area contributed by atoms with E-state index in [4.69, 9.17) is 10.6 Å². The molecule has 1 fully saturated rings. The summed E-state index contributed by atoms with van der Waals surface area (Å²) >= 11 is 0. The Morgan fingerprint density at radius 2 is 2.47 bits per heavy atom. The lowest BCUT2D eigenvalue weighted by Gasteiger charge is -2.12. The molecule has 17 heavy (non-hydrogen) atoms. The highest BCUT2D eigenvalue weighted by Crippen LogP contribution is 2.20. The lowest BCUT2D eigenvalue weighted by molar-refractivity contribution is -0.132. The number of nitrogens with two attached hydrogens (primary N) is 1. The molecule has 0 radical (unpaired) electrons. The van der Waals surface area contributed by atoms with Gasteiger partial charge in [0.1, 0.15) is 6.10 Å². The summed E-state index contributed by atoms with van der Waals surface area (Å²) in [5.74, 6) is 4.69. The van der Waals surface area contributed by atoms with Gasteiger partial charge in [-0.15, -0.1) is 0 Å². The average Bonchev–Trinajstić information content (AvgIpc) is 2.80. The van der Waals surface area contributed by atoms with Crippen LogP contribution in [0, 0.1) is 0 Å². The van der Waals surface area contributed by atoms with Crippen LogP contribution in [0.4, 0.5) is 0 Å². The van der Waals surface area contributed by atoms with E-state index in [0.717, 1.165) is 0 Å². The number of amides is 1. The molecule has 2 rings (SSSR count). The molecular weight excluding hydrogens is 224 g/mol. The van der Waals surface area contributed by atoms with Crippen molar-refractivity contribution in [2.75, 3.05) is 0 Å². The van der Waals surface area contributed by atoms with E-state index < -0.39 is 6.10 Å². The first-order valence-corrected chi connectivity index (χ1v) is 5.39. The zero-order valence-corrected chi connectivity index (χ0v) is 9.20. The molecule has 1 aromatic heterocycles. The van der Waals surface area contributed by atoms with Crippen LogP contribution in [0.5, 0.6) is 0 Å². The highest BCUT2D eigenvalue weighted by Gasteiger charge is 2.30. The van der Waals surface area contributed by atoms with E-state index in [9.17, 15) is 9.59 Å². The fraction of sp³-hybridized carbons (Fsp3) is 0.500. The molecule has 0 bridgehead atoms. The van der Waals surface area contributed by atoms with Crippen LogP contribution in [-0.2, 0) is 16.1 Å². The minimum Gasteiger partial charge on any atom is -0.363 e. The van der Waals surface area contributed by atoms with Gasteiger partial charge in [-0.05, 0) is 18.9 Å². The van der Waals surface area contributed by atoms with Crippen LogP contribution in [0.25, 0.3) is 0 Å². The number of hydrogen-bond acceptors (Lipinski definition) is 5. The lowest BCUT2D eigenvalue weighted by Crippen LogP contribution is -2.39. The Labute approximate surface area is 97.5 Å². The first kappa shape index (κ1) is 11.7. The predicted molar refractivity (Wildman–Crippen MR) is 58.7 cm³/mol. The number of carbonyl (C=O) groups excluding carboxylic acids is 1. The monoisotopic (exact) mass is 238 g/mol. The van der Waals surface area contributed by atoms with E-state index in [-0.39, 0.29) is 17.6 Å². The van der Waals surface area contributed by atoms with Crippen molar-refractivity contribution >= 4 is 5.91 Å². The Balaban J connectivity index is 1.97. The molecule has 2 unspecified atom stereocenters. The van der Waals surface area contributed by atoms with Crippen molar-refractivity contribution in [3.8, 4) is 0 Å². The number of aromatic nitrogens is 2. The van der Waals surface area contributed by atoms with Gasteiger partial charge in [-0.3, -0.25) is 15.0 Å². The van der Waals surface area contributed by atoms with Crippen molar-refractivity contribution in [3.63, 3.8) is 0 Å². The molecule has 3 N–H and O–H groups in total. The Morgan fingerprint density at radius 3 is 3.18 bits per heavy atom. The Bertz CT molecular complexity index is 459. The molecule has 0 spiro atoms. The topological polar surface area (TPSA) is 99.2 Å². The SMILES string of the molecule is NNC(=O)C1CCC(Cn2ncccc2=O)O1. The van der Waals surface area contributed by atoms with Crippen LogP contribution in [-0.4, -0.2) is 27.9 Å². The number of nitrogens with zero attached hydrogens (tertiary/aromatic N) is 2. The Hall–Kier alpha value is -1.73. The third-order valence-electron chi connectivity index (χ3n) is 2.70. The summed E-state index contributed by atoms with van der Waals surface area (Å²) in [4.78, 5) is 22.7. The molecule has 1 aliphatic heterocycles. The minimum absolute atomic E-state index is 0.176. The lowest BCUT2D eigenvalue weighted by atomic mass is 10.2. The molecule has 7 nitrogen and oxygen atoms in total. The standard InChI is InChI=1S/C10H14N4O3/c11-13-10(16)8-4-3-7(17-8)6-14-9(15)2-1-5-12-14/h1-2,5,7-8H,3-4,6,11H2,(H,13,16). The summed E-state index contributed by atoms with van der Waals surface area (Å²) in [5.41, 5.74) is 1.88. The van der Waals surface area contributed by atoms with Crippen LogP contribution < -0.4 is 16.8 Å². The van der Waals surface area contributed by atoms with E-state index >= 15 is 0 Å². The van der Waals surface area contributed by atoms with Crippen LogP contribution in [0.15, 0.2) is 23.1 Å². The van der Waals surface area contributed by atoms with E-state index in [0.29, 0.717) is 19.4 Å². The van der Waals surface area contributed by atoms with E-state index in [1.54, 1.807) is 12.3 Å². The first-order chi connectivity index (χ1) is 8.20. The Kier molecular flexibility index (Phi) is 3.50. The molecule has 0 saturated carbocycles. The minimum atomic E-state index is -0.524. The summed E-state index contributed by atoms with van der Waals surface area (Å²) in [6.07, 6.45) is 2.16. The second-order valence-electron chi connectivity index (χ2n) is 3.88. The highest BCUT2D eigenvalue weighted by molar-refractivity contribution is 5.80. The van der Waals surface area contributed by atoms with Crippen molar-refractivity contribution in [3.05, 3.63) is 28.7 Å². The van der Waals surface area contributed by atoms with Crippen LogP contribution in [0.2, 0.25) is 0 Å². The van der Waals surface area contributed by atoms with Crippen molar-refractivity contribution in [1.29, 1.82) is 0 Å². The summed E-state index contributed by atoms with van der Waals surface area (Å²) < 4.78 is 6.81. The highest BCUT2D eigenvalue weighted by atomic mass is 16.5. The Morgan fingerprint density at radius 1 is 1.65 bits per heavy atom. The van der Waals surface area contributed by atoms with Gasteiger partial charge in [0.15, 0.2) is 0 Å². The number of nitrogens with one attached hydrogen (secondary N) is 1. The second-order valence-corrected chi connectivity index (χ2v) is 3.88. The van der Waals surface area contributed by atoms with Gasteiger partial charge in [-0.1, -0.05) is 0 Å². The van der Waals surface area contributed by atoms with Gasteiger partial charge in [0, 0.05) is 12.3 Å². The molecule has 92 valence electrons. The molecule has 7 heteroatoms. The van der Waals surface area contributed by atoms with Gasteiger partial charge in [-0.25, -0.2) is 10.5 Å². The third-order valence-corrected chi connectivity index (χ3v) is 2.70. The normalized spacial score (nSPS) is 23.6.